The molecule has 5 heteroatoms. The van der Waals surface area contributed by atoms with Crippen LogP contribution in [0.3, 0.4) is 0 Å². The zero-order valence-corrected chi connectivity index (χ0v) is 14.2. The number of anilines is 1. The van der Waals surface area contributed by atoms with Gasteiger partial charge in [0.1, 0.15) is 5.82 Å². The summed E-state index contributed by atoms with van der Waals surface area (Å²) in [5.74, 6) is 0.983. The molecule has 1 aromatic heterocycles. The molecule has 0 saturated carbocycles. The minimum Gasteiger partial charge on any atom is -0.355 e. The van der Waals surface area contributed by atoms with E-state index in [4.69, 9.17) is 5.73 Å². The summed E-state index contributed by atoms with van der Waals surface area (Å²) in [6.07, 6.45) is 10.8. The SMILES string of the molecule is CSc1ccc2c(c1)C(N)C1(CCN(c3cnccn3)CC1)C2. The Morgan fingerprint density at radius 2 is 2.09 bits per heavy atom. The van der Waals surface area contributed by atoms with Crippen LogP contribution in [0, 0.1) is 5.41 Å². The molecule has 0 radical (unpaired) electrons. The fourth-order valence-electron chi connectivity index (χ4n) is 4.09. The fourth-order valence-corrected chi connectivity index (χ4v) is 4.54. The summed E-state index contributed by atoms with van der Waals surface area (Å²) in [5.41, 5.74) is 9.74. The monoisotopic (exact) mass is 326 g/mol. The van der Waals surface area contributed by atoms with E-state index in [9.17, 15) is 0 Å². The summed E-state index contributed by atoms with van der Waals surface area (Å²) in [7, 11) is 0. The molecule has 2 N–H and O–H groups in total. The molecule has 1 atom stereocenters. The first-order valence-electron chi connectivity index (χ1n) is 8.15. The van der Waals surface area contributed by atoms with Crippen molar-refractivity contribution in [2.45, 2.75) is 30.2 Å². The van der Waals surface area contributed by atoms with Crippen LogP contribution in [0.5, 0.6) is 0 Å². The van der Waals surface area contributed by atoms with Gasteiger partial charge in [-0.3, -0.25) is 4.98 Å². The quantitative estimate of drug-likeness (QED) is 0.860. The lowest BCUT2D eigenvalue weighted by molar-refractivity contribution is 0.187. The number of piperidine rings is 1. The second-order valence-corrected chi connectivity index (χ2v) is 7.51. The van der Waals surface area contributed by atoms with Gasteiger partial charge in [0.05, 0.1) is 6.20 Å². The summed E-state index contributed by atoms with van der Waals surface area (Å²) in [6, 6.07) is 6.97. The minimum absolute atomic E-state index is 0.161. The molecule has 1 aromatic carbocycles. The van der Waals surface area contributed by atoms with Gasteiger partial charge in [-0.25, -0.2) is 4.98 Å². The van der Waals surface area contributed by atoms with Gasteiger partial charge in [-0.1, -0.05) is 6.07 Å². The Hall–Kier alpha value is -1.59. The van der Waals surface area contributed by atoms with E-state index in [1.807, 2.05) is 6.20 Å². The number of thioether (sulfide) groups is 1. The van der Waals surface area contributed by atoms with Crippen molar-refractivity contribution in [1.29, 1.82) is 0 Å². The maximum atomic E-state index is 6.71. The third kappa shape index (κ3) is 2.52. The molecule has 4 nitrogen and oxygen atoms in total. The zero-order valence-electron chi connectivity index (χ0n) is 13.4. The molecule has 2 heterocycles. The number of hydrogen-bond acceptors (Lipinski definition) is 5. The van der Waals surface area contributed by atoms with Gasteiger partial charge in [-0.2, -0.15) is 0 Å². The molecule has 1 fully saturated rings. The molecular formula is C18H22N4S. The Balaban J connectivity index is 1.53. The van der Waals surface area contributed by atoms with E-state index in [0.29, 0.717) is 0 Å². The second-order valence-electron chi connectivity index (χ2n) is 6.63. The average molecular weight is 326 g/mol. The highest BCUT2D eigenvalue weighted by Gasteiger charge is 2.46. The standard InChI is InChI=1S/C18H22N4S/c1-23-14-3-2-13-11-18(17(19)15(13)10-14)4-8-22(9-5-18)16-12-20-6-7-21-16/h2-3,6-7,10,12,17H,4-5,8-9,11,19H2,1H3. The van der Waals surface area contributed by atoms with Crippen molar-refractivity contribution >= 4 is 17.6 Å². The number of nitrogens with zero attached hydrogens (tertiary/aromatic N) is 3. The third-order valence-corrected chi connectivity index (χ3v) is 6.25. The van der Waals surface area contributed by atoms with Gasteiger partial charge >= 0.3 is 0 Å². The van der Waals surface area contributed by atoms with E-state index in [0.717, 1.165) is 38.2 Å². The van der Waals surface area contributed by atoms with Gasteiger partial charge in [0.25, 0.3) is 0 Å². The minimum atomic E-state index is 0.161. The summed E-state index contributed by atoms with van der Waals surface area (Å²) in [5, 5.41) is 0. The van der Waals surface area contributed by atoms with Crippen molar-refractivity contribution < 1.29 is 0 Å². The molecule has 1 aliphatic heterocycles. The smallest absolute Gasteiger partial charge is 0.147 e. The molecule has 23 heavy (non-hydrogen) atoms. The molecule has 2 aliphatic rings. The predicted octanol–water partition coefficient (Wildman–Crippen LogP) is 3.04. The van der Waals surface area contributed by atoms with Gasteiger partial charge in [-0.05, 0) is 54.2 Å². The van der Waals surface area contributed by atoms with Crippen LogP contribution in [-0.4, -0.2) is 29.3 Å². The van der Waals surface area contributed by atoms with Crippen molar-refractivity contribution in [3.8, 4) is 0 Å². The highest BCUT2D eigenvalue weighted by atomic mass is 32.2. The molecule has 1 unspecified atom stereocenters. The molecule has 4 rings (SSSR count). The molecular weight excluding hydrogens is 304 g/mol. The van der Waals surface area contributed by atoms with Crippen LogP contribution in [-0.2, 0) is 6.42 Å². The maximum absolute atomic E-state index is 6.71. The van der Waals surface area contributed by atoms with Crippen LogP contribution in [0.4, 0.5) is 5.82 Å². The molecule has 0 bridgehead atoms. The fraction of sp³-hybridized carbons (Fsp3) is 0.444. The summed E-state index contributed by atoms with van der Waals surface area (Å²) in [4.78, 5) is 12.3. The molecule has 2 aromatic rings. The molecule has 0 amide bonds. The van der Waals surface area contributed by atoms with Crippen molar-refractivity contribution in [1.82, 2.24) is 9.97 Å². The van der Waals surface area contributed by atoms with Gasteiger partial charge in [-0.15, -0.1) is 11.8 Å². The number of rotatable bonds is 2. The summed E-state index contributed by atoms with van der Waals surface area (Å²) >= 11 is 1.79. The average Bonchev–Trinajstić information content (AvgIpc) is 2.88. The number of benzene rings is 1. The van der Waals surface area contributed by atoms with Crippen molar-refractivity contribution in [3.05, 3.63) is 47.9 Å². The Morgan fingerprint density at radius 1 is 1.26 bits per heavy atom. The van der Waals surface area contributed by atoms with Gasteiger partial charge in [0, 0.05) is 36.4 Å². The van der Waals surface area contributed by atoms with E-state index < -0.39 is 0 Å². The maximum Gasteiger partial charge on any atom is 0.147 e. The Bertz CT molecular complexity index is 695. The molecule has 1 saturated heterocycles. The number of hydrogen-bond donors (Lipinski definition) is 1. The molecule has 1 spiro atoms. The number of nitrogens with two attached hydrogens (primary N) is 1. The van der Waals surface area contributed by atoms with Crippen LogP contribution >= 0.6 is 11.8 Å². The zero-order chi connectivity index (χ0) is 15.9. The van der Waals surface area contributed by atoms with Gasteiger partial charge in [0.15, 0.2) is 0 Å². The topological polar surface area (TPSA) is 55.0 Å². The van der Waals surface area contributed by atoms with E-state index in [2.05, 4.69) is 39.3 Å². The van der Waals surface area contributed by atoms with Crippen molar-refractivity contribution in [2.24, 2.45) is 11.1 Å². The Labute approximate surface area is 141 Å². The van der Waals surface area contributed by atoms with Crippen molar-refractivity contribution in [3.63, 3.8) is 0 Å². The first kappa shape index (κ1) is 15.0. The van der Waals surface area contributed by atoms with E-state index >= 15 is 0 Å². The van der Waals surface area contributed by atoms with Gasteiger partial charge in [0.2, 0.25) is 0 Å². The Kier molecular flexibility index (Phi) is 3.77. The van der Waals surface area contributed by atoms with Crippen LogP contribution < -0.4 is 10.6 Å². The van der Waals surface area contributed by atoms with Crippen LogP contribution in [0.15, 0.2) is 41.7 Å². The van der Waals surface area contributed by atoms with E-state index in [-0.39, 0.29) is 11.5 Å². The lowest BCUT2D eigenvalue weighted by atomic mass is 9.73. The lowest BCUT2D eigenvalue weighted by Gasteiger charge is -2.42. The van der Waals surface area contributed by atoms with Crippen LogP contribution in [0.1, 0.15) is 30.0 Å². The number of fused-ring (bicyclic) bond motifs is 1. The van der Waals surface area contributed by atoms with E-state index in [1.54, 1.807) is 24.2 Å². The largest absolute Gasteiger partial charge is 0.355 e. The highest BCUT2D eigenvalue weighted by Crippen LogP contribution is 2.51. The van der Waals surface area contributed by atoms with Crippen LogP contribution in [0.2, 0.25) is 0 Å². The normalized spacial score (nSPS) is 22.3. The second kappa shape index (κ2) is 5.80. The number of aromatic nitrogens is 2. The van der Waals surface area contributed by atoms with Crippen LogP contribution in [0.25, 0.3) is 0 Å². The first-order chi connectivity index (χ1) is 11.2. The molecule has 1 aliphatic carbocycles. The van der Waals surface area contributed by atoms with Gasteiger partial charge < -0.3 is 10.6 Å². The highest BCUT2D eigenvalue weighted by molar-refractivity contribution is 7.98. The lowest BCUT2D eigenvalue weighted by Crippen LogP contribution is -2.44. The Morgan fingerprint density at radius 3 is 2.78 bits per heavy atom. The molecule has 120 valence electrons. The first-order valence-corrected chi connectivity index (χ1v) is 9.38. The summed E-state index contributed by atoms with van der Waals surface area (Å²) < 4.78 is 0. The van der Waals surface area contributed by atoms with Crippen molar-refractivity contribution in [2.75, 3.05) is 24.2 Å². The third-order valence-electron chi connectivity index (χ3n) is 5.52. The predicted molar refractivity (Wildman–Crippen MR) is 94.8 cm³/mol. The van der Waals surface area contributed by atoms with E-state index in [1.165, 1.54) is 16.0 Å². The summed E-state index contributed by atoms with van der Waals surface area (Å²) in [6.45, 7) is 2.02.